The van der Waals surface area contributed by atoms with E-state index >= 15 is 0 Å². The molecule has 0 aromatic heterocycles. The SMILES string of the molecule is CC(C)C(=O)OCCCC(F)(F)F. The maximum atomic E-state index is 11.6. The first-order valence-corrected chi connectivity index (χ1v) is 4.06. The summed E-state index contributed by atoms with van der Waals surface area (Å²) in [5, 5.41) is 0. The van der Waals surface area contributed by atoms with Crippen LogP contribution >= 0.6 is 0 Å². The average Bonchev–Trinajstić information content (AvgIpc) is 1.95. The van der Waals surface area contributed by atoms with E-state index in [0.717, 1.165) is 0 Å². The van der Waals surface area contributed by atoms with Gasteiger partial charge in [0, 0.05) is 6.42 Å². The third-order valence-electron chi connectivity index (χ3n) is 1.32. The number of hydrogen-bond acceptors (Lipinski definition) is 2. The van der Waals surface area contributed by atoms with Crippen LogP contribution < -0.4 is 0 Å². The lowest BCUT2D eigenvalue weighted by atomic mass is 10.2. The molecule has 78 valence electrons. The van der Waals surface area contributed by atoms with E-state index in [4.69, 9.17) is 0 Å². The van der Waals surface area contributed by atoms with Gasteiger partial charge in [0.2, 0.25) is 0 Å². The van der Waals surface area contributed by atoms with Crippen molar-refractivity contribution < 1.29 is 22.7 Å². The molecule has 0 atom stereocenters. The molecule has 0 amide bonds. The fourth-order valence-electron chi connectivity index (χ4n) is 0.612. The van der Waals surface area contributed by atoms with E-state index in [1.54, 1.807) is 13.8 Å². The summed E-state index contributed by atoms with van der Waals surface area (Å²) in [6, 6.07) is 0. The van der Waals surface area contributed by atoms with Gasteiger partial charge in [-0.3, -0.25) is 4.79 Å². The summed E-state index contributed by atoms with van der Waals surface area (Å²) >= 11 is 0. The van der Waals surface area contributed by atoms with Crippen molar-refractivity contribution in [3.05, 3.63) is 0 Å². The molecule has 0 saturated heterocycles. The third-order valence-corrected chi connectivity index (χ3v) is 1.32. The zero-order chi connectivity index (χ0) is 10.5. The van der Waals surface area contributed by atoms with Crippen molar-refractivity contribution in [2.45, 2.75) is 32.9 Å². The summed E-state index contributed by atoms with van der Waals surface area (Å²) in [4.78, 5) is 10.8. The summed E-state index contributed by atoms with van der Waals surface area (Å²) in [5.41, 5.74) is 0. The monoisotopic (exact) mass is 198 g/mol. The molecule has 2 nitrogen and oxygen atoms in total. The maximum absolute atomic E-state index is 11.6. The first-order chi connectivity index (χ1) is 5.83. The Kier molecular flexibility index (Phi) is 4.80. The molecule has 0 rings (SSSR count). The van der Waals surface area contributed by atoms with Gasteiger partial charge in [-0.05, 0) is 6.42 Å². The van der Waals surface area contributed by atoms with Crippen molar-refractivity contribution in [1.82, 2.24) is 0 Å². The van der Waals surface area contributed by atoms with Crippen LogP contribution in [0.25, 0.3) is 0 Å². The Morgan fingerprint density at radius 2 is 1.92 bits per heavy atom. The number of hydrogen-bond donors (Lipinski definition) is 0. The second-order valence-corrected chi connectivity index (χ2v) is 3.04. The standard InChI is InChI=1S/C8H13F3O2/c1-6(2)7(12)13-5-3-4-8(9,10)11/h6H,3-5H2,1-2H3. The summed E-state index contributed by atoms with van der Waals surface area (Å²) < 4.78 is 39.4. The molecule has 0 unspecified atom stereocenters. The summed E-state index contributed by atoms with van der Waals surface area (Å²) in [7, 11) is 0. The van der Waals surface area contributed by atoms with E-state index in [2.05, 4.69) is 4.74 Å². The van der Waals surface area contributed by atoms with E-state index in [0.29, 0.717) is 0 Å². The van der Waals surface area contributed by atoms with E-state index < -0.39 is 18.6 Å². The van der Waals surface area contributed by atoms with Crippen LogP contribution in [0.2, 0.25) is 0 Å². The van der Waals surface area contributed by atoms with Crippen molar-refractivity contribution in [2.24, 2.45) is 5.92 Å². The number of carbonyl (C=O) groups excluding carboxylic acids is 1. The van der Waals surface area contributed by atoms with Gasteiger partial charge in [0.05, 0.1) is 12.5 Å². The molecule has 13 heavy (non-hydrogen) atoms. The van der Waals surface area contributed by atoms with Crippen LogP contribution in [0.15, 0.2) is 0 Å². The van der Waals surface area contributed by atoms with Gasteiger partial charge in [0.1, 0.15) is 0 Å². The number of alkyl halides is 3. The second-order valence-electron chi connectivity index (χ2n) is 3.04. The normalized spacial score (nSPS) is 11.8. The van der Waals surface area contributed by atoms with E-state index in [1.165, 1.54) is 0 Å². The molecular formula is C8H13F3O2. The van der Waals surface area contributed by atoms with Crippen molar-refractivity contribution in [3.63, 3.8) is 0 Å². The van der Waals surface area contributed by atoms with Gasteiger partial charge in [0.25, 0.3) is 0 Å². The lowest BCUT2D eigenvalue weighted by molar-refractivity contribution is -0.152. The molecular weight excluding hydrogens is 185 g/mol. The van der Waals surface area contributed by atoms with Crippen molar-refractivity contribution in [3.8, 4) is 0 Å². The van der Waals surface area contributed by atoms with E-state index in [9.17, 15) is 18.0 Å². The van der Waals surface area contributed by atoms with Crippen LogP contribution in [-0.4, -0.2) is 18.8 Å². The predicted octanol–water partition coefficient (Wildman–Crippen LogP) is 2.53. The molecule has 0 radical (unpaired) electrons. The third kappa shape index (κ3) is 7.62. The van der Waals surface area contributed by atoms with Crippen LogP contribution in [0.1, 0.15) is 26.7 Å². The van der Waals surface area contributed by atoms with Gasteiger partial charge < -0.3 is 4.74 Å². The Labute approximate surface area is 75.1 Å². The minimum atomic E-state index is -4.16. The van der Waals surface area contributed by atoms with Crippen molar-refractivity contribution >= 4 is 5.97 Å². The summed E-state index contributed by atoms with van der Waals surface area (Å²) in [6.45, 7) is 3.11. The Hall–Kier alpha value is -0.740. The van der Waals surface area contributed by atoms with Crippen LogP contribution in [0.5, 0.6) is 0 Å². The van der Waals surface area contributed by atoms with Crippen LogP contribution in [0, 0.1) is 5.92 Å². The fourth-order valence-corrected chi connectivity index (χ4v) is 0.612. The summed E-state index contributed by atoms with van der Waals surface area (Å²) in [5.74, 6) is -0.743. The van der Waals surface area contributed by atoms with Crippen LogP contribution in [0.3, 0.4) is 0 Å². The molecule has 0 saturated carbocycles. The molecule has 0 fully saturated rings. The minimum Gasteiger partial charge on any atom is -0.465 e. The highest BCUT2D eigenvalue weighted by atomic mass is 19.4. The van der Waals surface area contributed by atoms with Gasteiger partial charge in [-0.25, -0.2) is 0 Å². The van der Waals surface area contributed by atoms with Gasteiger partial charge in [-0.15, -0.1) is 0 Å². The maximum Gasteiger partial charge on any atom is 0.389 e. The highest BCUT2D eigenvalue weighted by molar-refractivity contribution is 5.71. The summed E-state index contributed by atoms with van der Waals surface area (Å²) in [6.07, 6.45) is -5.23. The number of halogens is 3. The smallest absolute Gasteiger partial charge is 0.389 e. The molecule has 0 bridgehead atoms. The quantitative estimate of drug-likeness (QED) is 0.512. The molecule has 0 aromatic carbocycles. The molecule has 0 heterocycles. The van der Waals surface area contributed by atoms with E-state index in [-0.39, 0.29) is 18.9 Å². The number of rotatable bonds is 4. The highest BCUT2D eigenvalue weighted by Gasteiger charge is 2.26. The Balaban J connectivity index is 3.42. The predicted molar refractivity (Wildman–Crippen MR) is 41.1 cm³/mol. The Morgan fingerprint density at radius 3 is 2.31 bits per heavy atom. The second kappa shape index (κ2) is 5.09. The largest absolute Gasteiger partial charge is 0.465 e. The number of esters is 1. The zero-order valence-electron chi connectivity index (χ0n) is 7.65. The van der Waals surface area contributed by atoms with Crippen molar-refractivity contribution in [1.29, 1.82) is 0 Å². The van der Waals surface area contributed by atoms with Gasteiger partial charge in [0.15, 0.2) is 0 Å². The number of ether oxygens (including phenoxy) is 1. The molecule has 0 aromatic rings. The Bertz CT molecular complexity index is 163. The van der Waals surface area contributed by atoms with Crippen molar-refractivity contribution in [2.75, 3.05) is 6.61 Å². The lowest BCUT2D eigenvalue weighted by Crippen LogP contribution is -2.14. The van der Waals surface area contributed by atoms with Gasteiger partial charge >= 0.3 is 12.1 Å². The minimum absolute atomic E-state index is 0.156. The molecule has 0 N–H and O–H groups in total. The number of carbonyl (C=O) groups is 1. The molecule has 5 heteroatoms. The molecule has 0 aliphatic rings. The first kappa shape index (κ1) is 12.3. The van der Waals surface area contributed by atoms with Gasteiger partial charge in [-0.2, -0.15) is 13.2 Å². The molecule has 0 spiro atoms. The van der Waals surface area contributed by atoms with Crippen LogP contribution in [-0.2, 0) is 9.53 Å². The van der Waals surface area contributed by atoms with E-state index in [1.807, 2.05) is 0 Å². The first-order valence-electron chi connectivity index (χ1n) is 4.06. The molecule has 0 aliphatic heterocycles. The lowest BCUT2D eigenvalue weighted by Gasteiger charge is -2.08. The fraction of sp³-hybridized carbons (Fsp3) is 0.875. The van der Waals surface area contributed by atoms with Crippen LogP contribution in [0.4, 0.5) is 13.2 Å². The topological polar surface area (TPSA) is 26.3 Å². The zero-order valence-corrected chi connectivity index (χ0v) is 7.65. The molecule has 0 aliphatic carbocycles. The highest BCUT2D eigenvalue weighted by Crippen LogP contribution is 2.21. The average molecular weight is 198 g/mol. The Morgan fingerprint density at radius 1 is 1.38 bits per heavy atom. The van der Waals surface area contributed by atoms with Gasteiger partial charge in [-0.1, -0.05) is 13.8 Å².